The predicted octanol–water partition coefficient (Wildman–Crippen LogP) is 3.21. The highest BCUT2D eigenvalue weighted by Crippen LogP contribution is 2.30. The largest absolute Gasteiger partial charge is 0.462 e. The van der Waals surface area contributed by atoms with Crippen LogP contribution in [0.3, 0.4) is 0 Å². The Morgan fingerprint density at radius 1 is 1.24 bits per heavy atom. The van der Waals surface area contributed by atoms with Crippen LogP contribution in [0.1, 0.15) is 23.0 Å². The quantitative estimate of drug-likeness (QED) is 0.501. The van der Waals surface area contributed by atoms with E-state index in [1.807, 2.05) is 30.3 Å². The fraction of sp³-hybridized carbons (Fsp3) is 0.100. The molecule has 0 aliphatic rings. The molecule has 0 radical (unpaired) electrons. The van der Waals surface area contributed by atoms with Crippen LogP contribution in [0, 0.1) is 11.3 Å². The Kier molecular flexibility index (Phi) is 4.82. The summed E-state index contributed by atoms with van der Waals surface area (Å²) in [5, 5.41) is 12.9. The summed E-state index contributed by atoms with van der Waals surface area (Å²) in [6.07, 6.45) is 5.97. The highest BCUT2D eigenvalue weighted by atomic mass is 16.5. The fourth-order valence-corrected chi connectivity index (χ4v) is 2.94. The number of nitrogens with zero attached hydrogens (tertiary/aromatic N) is 5. The molecule has 9 heteroatoms. The highest BCUT2D eigenvalue weighted by molar-refractivity contribution is 6.08. The minimum Gasteiger partial charge on any atom is -0.462 e. The molecular formula is C20H15N7O2. The Labute approximate surface area is 165 Å². The molecular weight excluding hydrogens is 370 g/mol. The molecule has 0 saturated heterocycles. The van der Waals surface area contributed by atoms with Crippen molar-refractivity contribution in [3.05, 3.63) is 60.4 Å². The number of benzene rings is 1. The van der Waals surface area contributed by atoms with Gasteiger partial charge in [-0.3, -0.25) is 0 Å². The number of hydrogen-bond acceptors (Lipinski definition) is 8. The van der Waals surface area contributed by atoms with Gasteiger partial charge in [-0.1, -0.05) is 12.1 Å². The van der Waals surface area contributed by atoms with Gasteiger partial charge in [0.05, 0.1) is 23.3 Å². The van der Waals surface area contributed by atoms with Gasteiger partial charge >= 0.3 is 5.97 Å². The van der Waals surface area contributed by atoms with Crippen molar-refractivity contribution in [1.82, 2.24) is 24.9 Å². The third-order valence-corrected chi connectivity index (χ3v) is 4.17. The van der Waals surface area contributed by atoms with Crippen LogP contribution in [0.5, 0.6) is 0 Å². The summed E-state index contributed by atoms with van der Waals surface area (Å²) in [7, 11) is 0. The third kappa shape index (κ3) is 3.46. The molecule has 0 aliphatic carbocycles. The van der Waals surface area contributed by atoms with Crippen LogP contribution in [0.15, 0.2) is 49.2 Å². The number of esters is 1. The van der Waals surface area contributed by atoms with Crippen molar-refractivity contribution in [1.29, 1.82) is 5.26 Å². The minimum absolute atomic E-state index is 0.192. The van der Waals surface area contributed by atoms with E-state index in [-0.39, 0.29) is 12.3 Å². The molecule has 0 saturated carbocycles. The molecule has 142 valence electrons. The lowest BCUT2D eigenvalue weighted by Gasteiger charge is -2.09. The summed E-state index contributed by atoms with van der Waals surface area (Å²) >= 11 is 0. The molecule has 0 spiro atoms. The molecule has 0 fully saturated rings. The standard InChI is InChI=1S/C20H15N7O2/c1-2-29-20(28)14-10-24-19-16(14)17(25-11-26-19)12-4-3-5-13(8-12)27-18-15(9-21)22-6-7-23-18/h3-8,10-11H,2H2,1H3,(H,23,27)(H,24,25,26). The zero-order valence-corrected chi connectivity index (χ0v) is 15.4. The van der Waals surface area contributed by atoms with Crippen LogP contribution in [0.2, 0.25) is 0 Å². The maximum Gasteiger partial charge on any atom is 0.340 e. The number of hydrogen-bond donors (Lipinski definition) is 2. The first kappa shape index (κ1) is 18.1. The Bertz CT molecular complexity index is 1240. The number of fused-ring (bicyclic) bond motifs is 1. The van der Waals surface area contributed by atoms with Crippen molar-refractivity contribution in [3.8, 4) is 17.3 Å². The number of aromatic amines is 1. The van der Waals surface area contributed by atoms with Gasteiger partial charge in [0.25, 0.3) is 0 Å². The van der Waals surface area contributed by atoms with E-state index in [4.69, 9.17) is 4.74 Å². The van der Waals surface area contributed by atoms with Gasteiger partial charge in [-0.15, -0.1) is 0 Å². The van der Waals surface area contributed by atoms with Crippen molar-refractivity contribution in [3.63, 3.8) is 0 Å². The zero-order chi connectivity index (χ0) is 20.2. The maximum atomic E-state index is 12.3. The van der Waals surface area contributed by atoms with Crippen LogP contribution in [-0.4, -0.2) is 37.5 Å². The third-order valence-electron chi connectivity index (χ3n) is 4.17. The molecule has 0 aliphatic heterocycles. The lowest BCUT2D eigenvalue weighted by Crippen LogP contribution is -2.04. The predicted molar refractivity (Wildman–Crippen MR) is 105 cm³/mol. The molecule has 1 aromatic carbocycles. The van der Waals surface area contributed by atoms with Crippen molar-refractivity contribution in [2.24, 2.45) is 0 Å². The summed E-state index contributed by atoms with van der Waals surface area (Å²) in [5.41, 5.74) is 3.14. The summed E-state index contributed by atoms with van der Waals surface area (Å²) in [5.74, 6) is -0.0869. The van der Waals surface area contributed by atoms with Crippen molar-refractivity contribution >= 4 is 28.5 Å². The van der Waals surface area contributed by atoms with E-state index in [2.05, 4.69) is 30.2 Å². The summed E-state index contributed by atoms with van der Waals surface area (Å²) < 4.78 is 5.14. The van der Waals surface area contributed by atoms with Crippen molar-refractivity contribution < 1.29 is 9.53 Å². The number of H-pyrrole nitrogens is 1. The number of ether oxygens (including phenoxy) is 1. The number of rotatable bonds is 5. The first-order valence-corrected chi connectivity index (χ1v) is 8.79. The lowest BCUT2D eigenvalue weighted by atomic mass is 10.1. The molecule has 0 unspecified atom stereocenters. The zero-order valence-electron chi connectivity index (χ0n) is 15.4. The van der Waals surface area contributed by atoms with Gasteiger partial charge in [0.1, 0.15) is 18.0 Å². The average molecular weight is 385 g/mol. The SMILES string of the molecule is CCOC(=O)c1c[nH]c2ncnc(-c3cccc(Nc4nccnc4C#N)c3)c12. The van der Waals surface area contributed by atoms with Gasteiger partial charge in [0, 0.05) is 29.8 Å². The van der Waals surface area contributed by atoms with Crippen LogP contribution in [-0.2, 0) is 4.74 Å². The lowest BCUT2D eigenvalue weighted by molar-refractivity contribution is 0.0528. The van der Waals surface area contributed by atoms with Crippen LogP contribution in [0.25, 0.3) is 22.3 Å². The van der Waals surface area contributed by atoms with E-state index in [9.17, 15) is 10.1 Å². The van der Waals surface area contributed by atoms with Gasteiger partial charge in [0.15, 0.2) is 11.5 Å². The molecule has 0 amide bonds. The first-order chi connectivity index (χ1) is 14.2. The molecule has 2 N–H and O–H groups in total. The Morgan fingerprint density at radius 2 is 2.10 bits per heavy atom. The van der Waals surface area contributed by atoms with E-state index >= 15 is 0 Å². The number of aromatic nitrogens is 5. The topological polar surface area (TPSA) is 129 Å². The Balaban J connectivity index is 1.77. The molecule has 0 atom stereocenters. The summed E-state index contributed by atoms with van der Waals surface area (Å²) in [6.45, 7) is 2.02. The van der Waals surface area contributed by atoms with Crippen molar-refractivity contribution in [2.75, 3.05) is 11.9 Å². The van der Waals surface area contributed by atoms with Crippen LogP contribution < -0.4 is 5.32 Å². The fourth-order valence-electron chi connectivity index (χ4n) is 2.94. The van der Waals surface area contributed by atoms with Gasteiger partial charge in [-0.05, 0) is 19.1 Å². The number of nitrogens with one attached hydrogen (secondary N) is 2. The van der Waals surface area contributed by atoms with Gasteiger partial charge < -0.3 is 15.0 Å². The molecule has 4 rings (SSSR count). The molecule has 29 heavy (non-hydrogen) atoms. The normalized spacial score (nSPS) is 10.5. The first-order valence-electron chi connectivity index (χ1n) is 8.79. The smallest absolute Gasteiger partial charge is 0.340 e. The van der Waals surface area contributed by atoms with Crippen molar-refractivity contribution in [2.45, 2.75) is 6.92 Å². The van der Waals surface area contributed by atoms with Crippen LogP contribution >= 0.6 is 0 Å². The number of carbonyl (C=O) groups excluding carboxylic acids is 1. The summed E-state index contributed by atoms with van der Waals surface area (Å²) in [6, 6.07) is 9.39. The molecule has 3 heterocycles. The van der Waals surface area contributed by atoms with E-state index < -0.39 is 5.97 Å². The minimum atomic E-state index is -0.442. The second kappa shape index (κ2) is 7.74. The second-order valence-corrected chi connectivity index (χ2v) is 5.94. The monoisotopic (exact) mass is 385 g/mol. The van der Waals surface area contributed by atoms with Gasteiger partial charge in [-0.2, -0.15) is 5.26 Å². The van der Waals surface area contributed by atoms with Crippen LogP contribution in [0.4, 0.5) is 11.5 Å². The summed E-state index contributed by atoms with van der Waals surface area (Å²) in [4.78, 5) is 32.1. The second-order valence-electron chi connectivity index (χ2n) is 5.94. The molecule has 4 aromatic rings. The molecule has 9 nitrogen and oxygen atoms in total. The average Bonchev–Trinajstić information content (AvgIpc) is 3.19. The van der Waals surface area contributed by atoms with E-state index in [1.165, 1.54) is 18.7 Å². The van der Waals surface area contributed by atoms with E-state index in [1.54, 1.807) is 13.1 Å². The number of nitriles is 1. The Morgan fingerprint density at radius 3 is 2.93 bits per heavy atom. The number of carbonyl (C=O) groups is 1. The Hall–Kier alpha value is -4.32. The number of anilines is 2. The van der Waals surface area contributed by atoms with E-state index in [0.29, 0.717) is 33.8 Å². The maximum absolute atomic E-state index is 12.3. The molecule has 0 bridgehead atoms. The highest BCUT2D eigenvalue weighted by Gasteiger charge is 2.19. The van der Waals surface area contributed by atoms with E-state index in [0.717, 1.165) is 5.56 Å². The van der Waals surface area contributed by atoms with Gasteiger partial charge in [0.2, 0.25) is 0 Å². The molecule has 3 aromatic heterocycles. The van der Waals surface area contributed by atoms with Gasteiger partial charge in [-0.25, -0.2) is 24.7 Å².